The standard InChI is InChI=1S/C21H35BN2O5.C20H31BN2O4.C13H16O3/c1-15-9-11-17(12-10-15)18(16(2)20(25)28-4)14-23-19(21(26)29-5)8-6-7-13-24-22(3)27;1-15-8-10-16(11-9-15)20(2)12-14-23(19(20)25)17(18(24)27-4)7-5-6-13-22-21(3)26;1-10-4-6-11(7-5-10)13(2,8-9-14)12(15)16-3/h9-12,16,18-19,23-24,27H,6-8,13-14H2,1-5H3;8-11,17,22,26H,5-7,12-14H2,1-4H3;4-7,9H,8H2,1-3H3/t16?,18?,19-;17-,20+;/m11./s1. The van der Waals surface area contributed by atoms with Crippen molar-refractivity contribution in [2.75, 3.05) is 54.6 Å². The summed E-state index contributed by atoms with van der Waals surface area (Å²) in [5.74, 6) is -1.85. The van der Waals surface area contributed by atoms with Gasteiger partial charge in [-0.15, -0.1) is 0 Å². The number of rotatable bonds is 26. The number of carbonyl (C=O) groups excluding carboxylic acids is 6. The fraction of sp³-hybridized carbons (Fsp3) is 0.556. The minimum absolute atomic E-state index is 0.0103. The molecule has 1 amide bonds. The lowest BCUT2D eigenvalue weighted by Gasteiger charge is -2.29. The highest BCUT2D eigenvalue weighted by Crippen LogP contribution is 2.37. The molecule has 1 heterocycles. The van der Waals surface area contributed by atoms with Crippen LogP contribution in [0.1, 0.15) is 111 Å². The predicted octanol–water partition coefficient (Wildman–Crippen LogP) is 5.80. The first-order chi connectivity index (χ1) is 34.1. The third-order valence-electron chi connectivity index (χ3n) is 13.4. The van der Waals surface area contributed by atoms with Crippen LogP contribution in [0.25, 0.3) is 0 Å². The first-order valence-electron chi connectivity index (χ1n) is 25.0. The number of hydrogen-bond donors (Lipinski definition) is 5. The highest BCUT2D eigenvalue weighted by atomic mass is 16.5. The molecule has 0 saturated carbocycles. The fourth-order valence-corrected chi connectivity index (χ4v) is 8.55. The number of unbranched alkanes of at least 4 members (excludes halogenated alkanes) is 2. The maximum atomic E-state index is 13.2. The molecule has 3 aromatic rings. The summed E-state index contributed by atoms with van der Waals surface area (Å²) < 4.78 is 19.6. The van der Waals surface area contributed by atoms with Crippen molar-refractivity contribution in [1.82, 2.24) is 20.7 Å². The third-order valence-corrected chi connectivity index (χ3v) is 13.4. The minimum atomic E-state index is -0.885. The van der Waals surface area contributed by atoms with Gasteiger partial charge in [0.1, 0.15) is 18.4 Å². The maximum Gasteiger partial charge on any atom is 0.373 e. The maximum absolute atomic E-state index is 13.2. The molecule has 3 unspecified atom stereocenters. The van der Waals surface area contributed by atoms with Crippen molar-refractivity contribution in [3.05, 3.63) is 106 Å². The summed E-state index contributed by atoms with van der Waals surface area (Å²) in [6.07, 6.45) is 5.95. The van der Waals surface area contributed by atoms with Crippen LogP contribution in [0.4, 0.5) is 0 Å². The molecule has 1 aliphatic heterocycles. The van der Waals surface area contributed by atoms with Crippen LogP contribution >= 0.6 is 0 Å². The summed E-state index contributed by atoms with van der Waals surface area (Å²) in [7, 11) is 4.37. The molecule has 0 aromatic heterocycles. The lowest BCUT2D eigenvalue weighted by atomic mass is 9.80. The van der Waals surface area contributed by atoms with Crippen molar-refractivity contribution in [3.8, 4) is 0 Å². The molecule has 0 radical (unpaired) electrons. The molecule has 0 aliphatic carbocycles. The van der Waals surface area contributed by atoms with Gasteiger partial charge in [0.15, 0.2) is 0 Å². The monoisotopic (exact) mass is 1000 g/mol. The Hall–Kier alpha value is -5.39. The van der Waals surface area contributed by atoms with Gasteiger partial charge in [-0.05, 0) is 117 Å². The first kappa shape index (κ1) is 62.7. The van der Waals surface area contributed by atoms with E-state index in [2.05, 4.69) is 15.8 Å². The van der Waals surface area contributed by atoms with E-state index in [9.17, 15) is 38.8 Å². The van der Waals surface area contributed by atoms with Crippen molar-refractivity contribution in [2.45, 2.75) is 135 Å². The zero-order valence-electron chi connectivity index (χ0n) is 44.9. The lowest BCUT2D eigenvalue weighted by molar-refractivity contribution is -0.152. The molecular formula is C54H82B2N4O12. The Balaban J connectivity index is 0.000000385. The molecule has 18 heteroatoms. The summed E-state index contributed by atoms with van der Waals surface area (Å²) in [5, 5.41) is 27.6. The van der Waals surface area contributed by atoms with E-state index >= 15 is 0 Å². The average molecular weight is 1000 g/mol. The Kier molecular flexibility index (Phi) is 27.8. The van der Waals surface area contributed by atoms with Crippen molar-refractivity contribution in [1.29, 1.82) is 0 Å². The zero-order chi connectivity index (χ0) is 54.0. The van der Waals surface area contributed by atoms with Gasteiger partial charge in [0, 0.05) is 25.4 Å². The Labute approximate surface area is 429 Å². The smallest absolute Gasteiger partial charge is 0.373 e. The normalized spacial score (nSPS) is 16.5. The van der Waals surface area contributed by atoms with Gasteiger partial charge >= 0.3 is 38.0 Å². The number of aryl methyl sites for hydroxylation is 3. The Bertz CT molecular complexity index is 2130. The molecule has 3 aromatic carbocycles. The van der Waals surface area contributed by atoms with E-state index in [0.717, 1.165) is 65.4 Å². The Morgan fingerprint density at radius 3 is 1.69 bits per heavy atom. The van der Waals surface area contributed by atoms with E-state index in [1.165, 1.54) is 28.4 Å². The number of aldehydes is 1. The van der Waals surface area contributed by atoms with E-state index in [1.807, 2.05) is 107 Å². The molecule has 396 valence electrons. The van der Waals surface area contributed by atoms with Crippen molar-refractivity contribution in [2.24, 2.45) is 5.92 Å². The van der Waals surface area contributed by atoms with Crippen LogP contribution in [0.5, 0.6) is 0 Å². The van der Waals surface area contributed by atoms with Crippen LogP contribution in [-0.4, -0.2) is 132 Å². The molecule has 72 heavy (non-hydrogen) atoms. The van der Waals surface area contributed by atoms with Gasteiger partial charge in [-0.25, -0.2) is 4.79 Å². The van der Waals surface area contributed by atoms with Crippen LogP contribution in [0, 0.1) is 26.7 Å². The SMILES string of the molecule is COC(=O)C(C)(CC=O)c1ccc(C)cc1.COC(=O)C(C)C(CN[C@H](CCCCNB(C)O)C(=O)OC)c1ccc(C)cc1.COC(=O)[C@@H](CCCCNB(C)O)N1CC[C@@](C)(c2ccc(C)cc2)C1=O. The number of amides is 1. The van der Waals surface area contributed by atoms with Gasteiger partial charge < -0.3 is 54.5 Å². The molecule has 1 fully saturated rings. The van der Waals surface area contributed by atoms with Gasteiger partial charge in [0.05, 0.1) is 45.2 Å². The van der Waals surface area contributed by atoms with E-state index < -0.39 is 37.0 Å². The third kappa shape index (κ3) is 19.6. The van der Waals surface area contributed by atoms with Crippen LogP contribution in [0.3, 0.4) is 0 Å². The van der Waals surface area contributed by atoms with Crippen molar-refractivity contribution >= 4 is 50.2 Å². The molecule has 6 atom stereocenters. The van der Waals surface area contributed by atoms with E-state index in [4.69, 9.17) is 18.9 Å². The Morgan fingerprint density at radius 1 is 0.736 bits per heavy atom. The van der Waals surface area contributed by atoms with E-state index in [1.54, 1.807) is 25.5 Å². The molecule has 1 aliphatic rings. The minimum Gasteiger partial charge on any atom is -0.469 e. The highest BCUT2D eigenvalue weighted by Gasteiger charge is 2.48. The topological polar surface area (TPSA) is 219 Å². The number of hydrogen-bond acceptors (Lipinski definition) is 15. The molecule has 16 nitrogen and oxygen atoms in total. The summed E-state index contributed by atoms with van der Waals surface area (Å²) in [4.78, 5) is 74.0. The summed E-state index contributed by atoms with van der Waals surface area (Å²) >= 11 is 0. The number of benzene rings is 3. The molecule has 4 rings (SSSR count). The predicted molar refractivity (Wildman–Crippen MR) is 282 cm³/mol. The van der Waals surface area contributed by atoms with Crippen LogP contribution in [0.15, 0.2) is 72.8 Å². The van der Waals surface area contributed by atoms with Gasteiger partial charge in [-0.1, -0.05) is 103 Å². The lowest BCUT2D eigenvalue weighted by Crippen LogP contribution is -2.46. The van der Waals surface area contributed by atoms with E-state index in [-0.39, 0.29) is 48.0 Å². The summed E-state index contributed by atoms with van der Waals surface area (Å²) in [6.45, 7) is 17.2. The van der Waals surface area contributed by atoms with Crippen LogP contribution in [0.2, 0.25) is 13.6 Å². The summed E-state index contributed by atoms with van der Waals surface area (Å²) in [5.41, 5.74) is 4.74. The largest absolute Gasteiger partial charge is 0.469 e. The molecule has 5 N–H and O–H groups in total. The number of carbonyl (C=O) groups is 6. The summed E-state index contributed by atoms with van der Waals surface area (Å²) in [6, 6.07) is 22.6. The molecule has 0 bridgehead atoms. The number of methoxy groups -OCH3 is 4. The van der Waals surface area contributed by atoms with Crippen LogP contribution in [-0.2, 0) is 58.5 Å². The number of nitrogens with zero attached hydrogens (tertiary/aromatic N) is 1. The van der Waals surface area contributed by atoms with Gasteiger partial charge in [-0.2, -0.15) is 0 Å². The highest BCUT2D eigenvalue weighted by molar-refractivity contribution is 6.45. The number of esters is 4. The van der Waals surface area contributed by atoms with Crippen molar-refractivity contribution < 1.29 is 57.8 Å². The second kappa shape index (κ2) is 31.9. The van der Waals surface area contributed by atoms with Gasteiger partial charge in [0.2, 0.25) is 5.91 Å². The molecule has 1 saturated heterocycles. The van der Waals surface area contributed by atoms with Gasteiger partial charge in [0.25, 0.3) is 0 Å². The number of nitrogens with one attached hydrogen (secondary N) is 3. The second-order valence-corrected chi connectivity index (χ2v) is 19.1. The molecular weight excluding hydrogens is 918 g/mol. The number of ether oxygens (including phenoxy) is 4. The first-order valence-corrected chi connectivity index (χ1v) is 25.0. The quantitative estimate of drug-likeness (QED) is 0.0211. The second-order valence-electron chi connectivity index (χ2n) is 19.1. The zero-order valence-corrected chi connectivity index (χ0v) is 44.9. The fourth-order valence-electron chi connectivity index (χ4n) is 8.55. The number of likely N-dealkylation sites (tertiary alicyclic amines) is 1. The van der Waals surface area contributed by atoms with Crippen molar-refractivity contribution in [3.63, 3.8) is 0 Å². The Morgan fingerprint density at radius 2 is 1.22 bits per heavy atom. The average Bonchev–Trinajstić information content (AvgIpc) is 3.67. The van der Waals surface area contributed by atoms with Crippen LogP contribution < -0.4 is 15.8 Å². The van der Waals surface area contributed by atoms with E-state index in [0.29, 0.717) is 45.4 Å². The van der Waals surface area contributed by atoms with Gasteiger partial charge in [-0.3, -0.25) is 19.2 Å². The molecule has 0 spiro atoms.